The molecule has 0 aliphatic rings. The van der Waals surface area contributed by atoms with Gasteiger partial charge in [-0.25, -0.2) is 4.39 Å². The smallest absolute Gasteiger partial charge is 0.266 e. The number of aromatic nitrogens is 3. The molecule has 4 nitrogen and oxygen atoms in total. The fourth-order valence-electron chi connectivity index (χ4n) is 2.36. The van der Waals surface area contributed by atoms with E-state index in [0.29, 0.717) is 15.3 Å². The molecule has 0 aliphatic carbocycles. The maximum absolute atomic E-state index is 12.9. The van der Waals surface area contributed by atoms with Gasteiger partial charge in [-0.05, 0) is 35.4 Å². The van der Waals surface area contributed by atoms with Gasteiger partial charge in [0.25, 0.3) is 5.56 Å². The van der Waals surface area contributed by atoms with Crippen molar-refractivity contribution in [2.45, 2.75) is 0 Å². The molecule has 0 atom stereocenters. The summed E-state index contributed by atoms with van der Waals surface area (Å²) in [6, 6.07) is 15.8. The summed E-state index contributed by atoms with van der Waals surface area (Å²) in [6.07, 6.45) is 5.31. The van der Waals surface area contributed by atoms with Crippen molar-refractivity contribution >= 4 is 34.5 Å². The lowest BCUT2D eigenvalue weighted by Gasteiger charge is -1.91. The minimum Gasteiger partial charge on any atom is -0.266 e. The van der Waals surface area contributed by atoms with Gasteiger partial charge in [-0.2, -0.15) is 9.50 Å². The standard InChI is InChI=1S/C19H12FN3OS/c20-15-9-6-13(7-10-15)8-11-17-21-19-23(22-17)18(24)16(25-19)12-14-4-2-1-3-5-14/h1-12H/b11-8+,16-12-. The van der Waals surface area contributed by atoms with Gasteiger partial charge in [-0.1, -0.05) is 59.9 Å². The van der Waals surface area contributed by atoms with Crippen LogP contribution in [0, 0.1) is 5.82 Å². The molecule has 0 saturated heterocycles. The van der Waals surface area contributed by atoms with Gasteiger partial charge >= 0.3 is 0 Å². The first-order chi connectivity index (χ1) is 12.2. The number of rotatable bonds is 3. The Morgan fingerprint density at radius 1 is 0.960 bits per heavy atom. The van der Waals surface area contributed by atoms with Gasteiger partial charge in [-0.15, -0.1) is 5.10 Å². The zero-order valence-corrected chi connectivity index (χ0v) is 13.8. The molecule has 122 valence electrons. The molecule has 0 spiro atoms. The molecular weight excluding hydrogens is 337 g/mol. The number of hydrogen-bond acceptors (Lipinski definition) is 4. The zero-order valence-electron chi connectivity index (χ0n) is 13.0. The summed E-state index contributed by atoms with van der Waals surface area (Å²) in [5.74, 6) is 0.162. The summed E-state index contributed by atoms with van der Waals surface area (Å²) >= 11 is 1.30. The Hall–Kier alpha value is -3.12. The molecule has 0 radical (unpaired) electrons. The van der Waals surface area contributed by atoms with Crippen molar-refractivity contribution < 1.29 is 4.39 Å². The lowest BCUT2D eigenvalue weighted by Crippen LogP contribution is -2.23. The highest BCUT2D eigenvalue weighted by molar-refractivity contribution is 7.15. The van der Waals surface area contributed by atoms with E-state index in [0.717, 1.165) is 11.1 Å². The van der Waals surface area contributed by atoms with Crippen LogP contribution in [0.15, 0.2) is 59.4 Å². The quantitative estimate of drug-likeness (QED) is 0.571. The second-order valence-electron chi connectivity index (χ2n) is 5.38. The summed E-state index contributed by atoms with van der Waals surface area (Å²) in [5.41, 5.74) is 1.61. The maximum Gasteiger partial charge on any atom is 0.291 e. The fourth-order valence-corrected chi connectivity index (χ4v) is 3.28. The molecule has 0 unspecified atom stereocenters. The van der Waals surface area contributed by atoms with Gasteiger partial charge in [0.05, 0.1) is 4.53 Å². The minimum atomic E-state index is -0.282. The number of fused-ring (bicyclic) bond motifs is 1. The van der Waals surface area contributed by atoms with Crippen molar-refractivity contribution in [2.75, 3.05) is 0 Å². The number of thiazole rings is 1. The van der Waals surface area contributed by atoms with Crippen LogP contribution in [-0.4, -0.2) is 14.6 Å². The Balaban J connectivity index is 1.67. The molecule has 0 amide bonds. The highest BCUT2D eigenvalue weighted by atomic mass is 32.1. The average molecular weight is 349 g/mol. The van der Waals surface area contributed by atoms with E-state index >= 15 is 0 Å². The first-order valence-electron chi connectivity index (χ1n) is 7.59. The largest absolute Gasteiger partial charge is 0.291 e. The monoisotopic (exact) mass is 349 g/mol. The summed E-state index contributed by atoms with van der Waals surface area (Å²) < 4.78 is 14.8. The third-order valence-electron chi connectivity index (χ3n) is 3.59. The van der Waals surface area contributed by atoms with E-state index in [9.17, 15) is 9.18 Å². The molecule has 4 aromatic rings. The van der Waals surface area contributed by atoms with Gasteiger partial charge < -0.3 is 0 Å². The maximum atomic E-state index is 12.9. The Kier molecular flexibility index (Phi) is 3.95. The summed E-state index contributed by atoms with van der Waals surface area (Å²) in [6.45, 7) is 0. The van der Waals surface area contributed by atoms with Crippen LogP contribution < -0.4 is 10.1 Å². The molecule has 0 bridgehead atoms. The molecule has 0 aliphatic heterocycles. The fraction of sp³-hybridized carbons (Fsp3) is 0. The Morgan fingerprint density at radius 2 is 1.72 bits per heavy atom. The zero-order chi connectivity index (χ0) is 17.2. The van der Waals surface area contributed by atoms with Crippen molar-refractivity contribution in [3.05, 3.63) is 92.3 Å². The van der Waals surface area contributed by atoms with E-state index in [1.54, 1.807) is 24.3 Å². The van der Waals surface area contributed by atoms with Crippen molar-refractivity contribution in [2.24, 2.45) is 0 Å². The molecule has 4 rings (SSSR count). The molecule has 6 heteroatoms. The van der Waals surface area contributed by atoms with Gasteiger partial charge in [0, 0.05) is 0 Å². The van der Waals surface area contributed by atoms with E-state index < -0.39 is 0 Å². The summed E-state index contributed by atoms with van der Waals surface area (Å²) in [4.78, 5) is 17.3. The Labute approximate surface area is 146 Å². The summed E-state index contributed by atoms with van der Waals surface area (Å²) in [5, 5.41) is 4.23. The van der Waals surface area contributed by atoms with Crippen LogP contribution in [0.4, 0.5) is 4.39 Å². The number of benzene rings is 2. The van der Waals surface area contributed by atoms with Crippen molar-refractivity contribution in [3.8, 4) is 0 Å². The van der Waals surface area contributed by atoms with Crippen molar-refractivity contribution in [3.63, 3.8) is 0 Å². The highest BCUT2D eigenvalue weighted by Gasteiger charge is 2.08. The molecule has 0 N–H and O–H groups in total. The number of nitrogens with zero attached hydrogens (tertiary/aromatic N) is 3. The van der Waals surface area contributed by atoms with E-state index in [2.05, 4.69) is 10.1 Å². The van der Waals surface area contributed by atoms with Gasteiger partial charge in [-0.3, -0.25) is 4.79 Å². The lowest BCUT2D eigenvalue weighted by molar-refractivity contribution is 0.628. The Bertz CT molecular complexity index is 1160. The second-order valence-corrected chi connectivity index (χ2v) is 6.38. The normalized spacial score (nSPS) is 12.4. The molecular formula is C19H12FN3OS. The Morgan fingerprint density at radius 3 is 2.44 bits per heavy atom. The van der Waals surface area contributed by atoms with Gasteiger partial charge in [0.15, 0.2) is 5.82 Å². The molecule has 2 aromatic carbocycles. The highest BCUT2D eigenvalue weighted by Crippen LogP contribution is 2.09. The molecule has 0 fully saturated rings. The van der Waals surface area contributed by atoms with Gasteiger partial charge in [0.1, 0.15) is 5.82 Å². The number of halogens is 1. The minimum absolute atomic E-state index is 0.183. The van der Waals surface area contributed by atoms with E-state index in [1.807, 2.05) is 36.4 Å². The first kappa shape index (κ1) is 15.4. The number of hydrogen-bond donors (Lipinski definition) is 0. The predicted octanol–water partition coefficient (Wildman–Crippen LogP) is 3.01. The third kappa shape index (κ3) is 3.25. The SMILES string of the molecule is O=c1/c(=C/c2ccccc2)sc2nc(/C=C/c3ccc(F)cc3)nn12. The van der Waals surface area contributed by atoms with Crippen molar-refractivity contribution in [1.29, 1.82) is 0 Å². The lowest BCUT2D eigenvalue weighted by atomic mass is 10.2. The van der Waals surface area contributed by atoms with E-state index in [4.69, 9.17) is 0 Å². The molecule has 25 heavy (non-hydrogen) atoms. The predicted molar refractivity (Wildman–Crippen MR) is 97.7 cm³/mol. The second kappa shape index (κ2) is 6.41. The van der Waals surface area contributed by atoms with Crippen LogP contribution >= 0.6 is 11.3 Å². The molecule has 2 heterocycles. The van der Waals surface area contributed by atoms with Crippen LogP contribution in [0.1, 0.15) is 17.0 Å². The van der Waals surface area contributed by atoms with E-state index in [1.165, 1.54) is 28.0 Å². The average Bonchev–Trinajstić information content (AvgIpc) is 3.15. The topological polar surface area (TPSA) is 47.3 Å². The van der Waals surface area contributed by atoms with Crippen LogP contribution in [0.5, 0.6) is 0 Å². The van der Waals surface area contributed by atoms with Crippen LogP contribution in [0.25, 0.3) is 23.2 Å². The van der Waals surface area contributed by atoms with E-state index in [-0.39, 0.29) is 11.4 Å². The summed E-state index contributed by atoms with van der Waals surface area (Å²) in [7, 11) is 0. The third-order valence-corrected chi connectivity index (χ3v) is 4.55. The molecule has 0 saturated carbocycles. The molecule has 2 aromatic heterocycles. The van der Waals surface area contributed by atoms with Crippen LogP contribution in [0.3, 0.4) is 0 Å². The van der Waals surface area contributed by atoms with Gasteiger partial charge in [0.2, 0.25) is 4.96 Å². The van der Waals surface area contributed by atoms with Crippen LogP contribution in [-0.2, 0) is 0 Å². The van der Waals surface area contributed by atoms with Crippen LogP contribution in [0.2, 0.25) is 0 Å². The van der Waals surface area contributed by atoms with Crippen molar-refractivity contribution in [1.82, 2.24) is 14.6 Å². The first-order valence-corrected chi connectivity index (χ1v) is 8.41.